The summed E-state index contributed by atoms with van der Waals surface area (Å²) in [4.78, 5) is 30.1. The zero-order valence-electron chi connectivity index (χ0n) is 17.8. The maximum Gasteiger partial charge on any atom is 0.275 e. The summed E-state index contributed by atoms with van der Waals surface area (Å²) in [5.74, 6) is 0.490. The molecule has 162 valence electrons. The van der Waals surface area contributed by atoms with Gasteiger partial charge in [-0.1, -0.05) is 0 Å². The Balaban J connectivity index is 1.22. The van der Waals surface area contributed by atoms with E-state index in [4.69, 9.17) is 0 Å². The number of rotatable bonds is 6. The topological polar surface area (TPSA) is 78.7 Å². The fourth-order valence-corrected chi connectivity index (χ4v) is 4.31. The van der Waals surface area contributed by atoms with Crippen LogP contribution in [0.5, 0.6) is 0 Å². The number of nitrogens with zero attached hydrogens (tertiary/aromatic N) is 6. The summed E-state index contributed by atoms with van der Waals surface area (Å²) in [5, 5.41) is 2.69. The maximum atomic E-state index is 14.2. The van der Waals surface area contributed by atoms with Gasteiger partial charge >= 0.3 is 0 Å². The number of carbonyl (C=O) groups is 1. The average molecular weight is 423 g/mol. The molecule has 1 aliphatic carbocycles. The second-order valence-electron chi connectivity index (χ2n) is 8.68. The Bertz CT molecular complexity index is 1110. The summed E-state index contributed by atoms with van der Waals surface area (Å²) in [6.07, 6.45) is 10.2. The first kappa shape index (κ1) is 19.9. The van der Waals surface area contributed by atoms with Gasteiger partial charge in [0.05, 0.1) is 23.8 Å². The molecular weight excluding hydrogens is 397 g/mol. The van der Waals surface area contributed by atoms with Crippen molar-refractivity contribution in [1.29, 1.82) is 0 Å². The summed E-state index contributed by atoms with van der Waals surface area (Å²) in [5.41, 5.74) is 1.45. The van der Waals surface area contributed by atoms with Gasteiger partial charge in [-0.15, -0.1) is 0 Å². The first-order chi connectivity index (χ1) is 15.0. The molecule has 5 rings (SSSR count). The molecule has 9 heteroatoms. The Morgan fingerprint density at radius 2 is 2.10 bits per heavy atom. The number of carbonyl (C=O) groups excluding carboxylic acids is 1. The minimum Gasteiger partial charge on any atom is -0.355 e. The SMILES string of the molecule is Cc1cn2cc(NC(=O)c3cnc(N4CC[C@H](CN(C)C5CC5)C4)cn3)cc(F)c2n1. The van der Waals surface area contributed by atoms with Gasteiger partial charge in [0.15, 0.2) is 11.5 Å². The highest BCUT2D eigenvalue weighted by atomic mass is 19.1. The molecule has 1 amide bonds. The molecule has 0 spiro atoms. The normalized spacial score (nSPS) is 18.8. The van der Waals surface area contributed by atoms with Gasteiger partial charge in [0.25, 0.3) is 5.91 Å². The minimum absolute atomic E-state index is 0.190. The van der Waals surface area contributed by atoms with Crippen molar-refractivity contribution in [3.05, 3.63) is 48.1 Å². The summed E-state index contributed by atoms with van der Waals surface area (Å²) < 4.78 is 15.8. The van der Waals surface area contributed by atoms with Crippen LogP contribution in [0.1, 0.15) is 35.4 Å². The van der Waals surface area contributed by atoms with Crippen LogP contribution in [0.3, 0.4) is 0 Å². The van der Waals surface area contributed by atoms with Gasteiger partial charge in [0, 0.05) is 44.1 Å². The van der Waals surface area contributed by atoms with Crippen LogP contribution in [-0.2, 0) is 0 Å². The van der Waals surface area contributed by atoms with Crippen LogP contribution < -0.4 is 10.2 Å². The van der Waals surface area contributed by atoms with Crippen molar-refractivity contribution < 1.29 is 9.18 Å². The quantitative estimate of drug-likeness (QED) is 0.657. The van der Waals surface area contributed by atoms with E-state index in [1.165, 1.54) is 25.1 Å². The highest BCUT2D eigenvalue weighted by molar-refractivity contribution is 6.02. The average Bonchev–Trinajstić information content (AvgIpc) is 3.39. The van der Waals surface area contributed by atoms with Crippen molar-refractivity contribution in [2.24, 2.45) is 5.92 Å². The van der Waals surface area contributed by atoms with Crippen LogP contribution in [0.4, 0.5) is 15.9 Å². The molecule has 3 aromatic heterocycles. The van der Waals surface area contributed by atoms with Gasteiger partial charge in [-0.3, -0.25) is 4.79 Å². The molecule has 1 aliphatic heterocycles. The third kappa shape index (κ3) is 4.23. The van der Waals surface area contributed by atoms with E-state index < -0.39 is 11.7 Å². The summed E-state index contributed by atoms with van der Waals surface area (Å²) in [7, 11) is 2.21. The Kier molecular flexibility index (Phi) is 5.05. The van der Waals surface area contributed by atoms with E-state index in [1.54, 1.807) is 29.9 Å². The number of halogens is 1. The van der Waals surface area contributed by atoms with Gasteiger partial charge in [-0.2, -0.15) is 0 Å². The number of fused-ring (bicyclic) bond motifs is 1. The second kappa shape index (κ2) is 7.88. The number of nitrogens with one attached hydrogen (secondary N) is 1. The lowest BCUT2D eigenvalue weighted by Gasteiger charge is -2.21. The van der Waals surface area contributed by atoms with Gasteiger partial charge < -0.3 is 19.5 Å². The predicted octanol–water partition coefficient (Wildman–Crippen LogP) is 2.74. The zero-order valence-corrected chi connectivity index (χ0v) is 17.8. The Labute approximate surface area is 180 Å². The number of aromatic nitrogens is 4. The van der Waals surface area contributed by atoms with Gasteiger partial charge in [0.2, 0.25) is 0 Å². The molecule has 1 N–H and O–H groups in total. The van der Waals surface area contributed by atoms with E-state index in [-0.39, 0.29) is 11.3 Å². The van der Waals surface area contributed by atoms with E-state index in [0.717, 1.165) is 37.9 Å². The molecule has 2 fully saturated rings. The molecule has 1 atom stereocenters. The van der Waals surface area contributed by atoms with Crippen LogP contribution in [0.2, 0.25) is 0 Å². The Morgan fingerprint density at radius 3 is 2.84 bits per heavy atom. The highest BCUT2D eigenvalue weighted by Gasteiger charge is 2.30. The third-order valence-corrected chi connectivity index (χ3v) is 6.08. The Hall–Kier alpha value is -3.07. The van der Waals surface area contributed by atoms with Crippen molar-refractivity contribution in [1.82, 2.24) is 24.3 Å². The zero-order chi connectivity index (χ0) is 21.5. The molecule has 8 nitrogen and oxygen atoms in total. The standard InChI is InChI=1S/C22H26FN7O/c1-14-10-30-13-16(7-18(23)21(30)26-14)27-22(31)19-8-25-20(9-24-19)29-6-5-15(12-29)11-28(2)17-3-4-17/h7-10,13,15,17H,3-6,11-12H2,1-2H3,(H,27,31)/t15-/m1/s1. The van der Waals surface area contributed by atoms with E-state index in [0.29, 0.717) is 17.3 Å². The van der Waals surface area contributed by atoms with E-state index in [1.807, 2.05) is 0 Å². The highest BCUT2D eigenvalue weighted by Crippen LogP contribution is 2.28. The van der Waals surface area contributed by atoms with E-state index >= 15 is 0 Å². The summed E-state index contributed by atoms with van der Waals surface area (Å²) in [6.45, 7) is 4.82. The van der Waals surface area contributed by atoms with Crippen LogP contribution in [0, 0.1) is 18.7 Å². The third-order valence-electron chi connectivity index (χ3n) is 6.08. The van der Waals surface area contributed by atoms with Crippen LogP contribution in [-0.4, -0.2) is 62.9 Å². The largest absolute Gasteiger partial charge is 0.355 e. The number of aryl methyl sites for hydroxylation is 1. The fourth-order valence-electron chi connectivity index (χ4n) is 4.31. The number of hydrogen-bond donors (Lipinski definition) is 1. The molecule has 0 radical (unpaired) electrons. The molecule has 0 bridgehead atoms. The molecule has 0 unspecified atom stereocenters. The lowest BCUT2D eigenvalue weighted by atomic mass is 10.1. The van der Waals surface area contributed by atoms with Crippen LogP contribution >= 0.6 is 0 Å². The molecule has 4 heterocycles. The van der Waals surface area contributed by atoms with Crippen molar-refractivity contribution in [3.63, 3.8) is 0 Å². The number of imidazole rings is 1. The molecule has 31 heavy (non-hydrogen) atoms. The number of pyridine rings is 1. The molecule has 0 aromatic carbocycles. The van der Waals surface area contributed by atoms with Gasteiger partial charge in [-0.25, -0.2) is 19.3 Å². The number of amides is 1. The number of anilines is 2. The summed E-state index contributed by atoms with van der Waals surface area (Å²) in [6, 6.07) is 2.03. The molecule has 1 saturated heterocycles. The predicted molar refractivity (Wildman–Crippen MR) is 116 cm³/mol. The first-order valence-corrected chi connectivity index (χ1v) is 10.7. The van der Waals surface area contributed by atoms with Gasteiger partial charge in [-0.05, 0) is 39.2 Å². The molecule has 2 aliphatic rings. The van der Waals surface area contributed by atoms with Gasteiger partial charge in [0.1, 0.15) is 11.5 Å². The molecule has 3 aromatic rings. The Morgan fingerprint density at radius 1 is 1.26 bits per heavy atom. The second-order valence-corrected chi connectivity index (χ2v) is 8.68. The first-order valence-electron chi connectivity index (χ1n) is 10.7. The monoisotopic (exact) mass is 423 g/mol. The lowest BCUT2D eigenvalue weighted by Crippen LogP contribution is -2.30. The lowest BCUT2D eigenvalue weighted by molar-refractivity contribution is 0.102. The molecular formula is C22H26FN7O. The summed E-state index contributed by atoms with van der Waals surface area (Å²) >= 11 is 0. The van der Waals surface area contributed by atoms with Crippen LogP contribution in [0.15, 0.2) is 30.9 Å². The minimum atomic E-state index is -0.497. The smallest absolute Gasteiger partial charge is 0.275 e. The van der Waals surface area contributed by atoms with Crippen molar-refractivity contribution >= 4 is 23.1 Å². The van der Waals surface area contributed by atoms with Crippen molar-refractivity contribution in [2.75, 3.05) is 36.9 Å². The van der Waals surface area contributed by atoms with E-state index in [9.17, 15) is 9.18 Å². The van der Waals surface area contributed by atoms with Crippen molar-refractivity contribution in [2.45, 2.75) is 32.2 Å². The number of hydrogen-bond acceptors (Lipinski definition) is 6. The maximum absolute atomic E-state index is 14.2. The van der Waals surface area contributed by atoms with Crippen molar-refractivity contribution in [3.8, 4) is 0 Å². The fraction of sp³-hybridized carbons (Fsp3) is 0.455. The molecule has 1 saturated carbocycles. The van der Waals surface area contributed by atoms with Crippen LogP contribution in [0.25, 0.3) is 5.65 Å². The van der Waals surface area contributed by atoms with E-state index in [2.05, 4.69) is 37.1 Å².